The molecule has 1 saturated heterocycles. The number of carbonyl (C=O) groups excluding carboxylic acids is 1. The number of fused-ring (bicyclic) bond motifs is 1. The highest BCUT2D eigenvalue weighted by molar-refractivity contribution is 5.95. The fraction of sp³-hybridized carbons (Fsp3) is 0.367. The quantitative estimate of drug-likeness (QED) is 0.409. The zero-order chi connectivity index (χ0) is 23.9. The fourth-order valence-corrected chi connectivity index (χ4v) is 5.10. The van der Waals surface area contributed by atoms with Crippen molar-refractivity contribution in [2.24, 2.45) is 0 Å². The molecule has 0 atom stereocenters. The van der Waals surface area contributed by atoms with Gasteiger partial charge in [-0.15, -0.1) is 0 Å². The van der Waals surface area contributed by atoms with Crippen LogP contribution in [0, 0.1) is 0 Å². The van der Waals surface area contributed by atoms with E-state index in [1.54, 1.807) is 0 Å². The Bertz CT molecular complexity index is 1090. The van der Waals surface area contributed by atoms with Gasteiger partial charge < -0.3 is 19.3 Å². The third kappa shape index (κ3) is 6.04. The molecule has 0 N–H and O–H groups in total. The summed E-state index contributed by atoms with van der Waals surface area (Å²) < 4.78 is 11.7. The molecule has 2 aliphatic rings. The lowest BCUT2D eigenvalue weighted by Gasteiger charge is -2.32. The van der Waals surface area contributed by atoms with E-state index in [1.807, 2.05) is 59.5 Å². The Balaban J connectivity index is 1.06. The minimum absolute atomic E-state index is 0.204. The standard InChI is InChI=1S/C30H34N2O3/c33-30(32-20-7-23-34-29-11-5-4-10-28(29)32)12-6-19-31-21-17-25(18-22-31)24-13-15-27(16-14-24)35-26-8-2-1-3-9-26/h1-5,8-11,13-16,25H,6-7,12,17-23H2. The molecular weight excluding hydrogens is 436 g/mol. The lowest BCUT2D eigenvalue weighted by Crippen LogP contribution is -2.35. The van der Waals surface area contributed by atoms with Crippen LogP contribution in [-0.4, -0.2) is 43.6 Å². The van der Waals surface area contributed by atoms with Crippen LogP contribution < -0.4 is 14.4 Å². The van der Waals surface area contributed by atoms with Crippen molar-refractivity contribution >= 4 is 11.6 Å². The number of nitrogens with zero attached hydrogens (tertiary/aromatic N) is 2. The Morgan fingerprint density at radius 1 is 0.857 bits per heavy atom. The van der Waals surface area contributed by atoms with Gasteiger partial charge in [-0.2, -0.15) is 0 Å². The second-order valence-corrected chi connectivity index (χ2v) is 9.42. The number of amides is 1. The molecule has 0 unspecified atom stereocenters. The molecule has 2 aliphatic heterocycles. The number of piperidine rings is 1. The van der Waals surface area contributed by atoms with Gasteiger partial charge in [0.15, 0.2) is 0 Å². The smallest absolute Gasteiger partial charge is 0.227 e. The summed E-state index contributed by atoms with van der Waals surface area (Å²) in [6.07, 6.45) is 4.66. The average Bonchev–Trinajstić information content (AvgIpc) is 3.13. The van der Waals surface area contributed by atoms with Crippen LogP contribution in [-0.2, 0) is 4.79 Å². The van der Waals surface area contributed by atoms with Crippen LogP contribution >= 0.6 is 0 Å². The average molecular weight is 471 g/mol. The SMILES string of the molecule is O=C(CCCN1CCC(c2ccc(Oc3ccccc3)cc2)CC1)N1CCCOc2ccccc21. The van der Waals surface area contributed by atoms with Crippen molar-refractivity contribution in [1.29, 1.82) is 0 Å². The minimum atomic E-state index is 0.204. The maximum absolute atomic E-state index is 13.0. The molecule has 1 amide bonds. The molecule has 182 valence electrons. The van der Waals surface area contributed by atoms with E-state index in [2.05, 4.69) is 29.2 Å². The van der Waals surface area contributed by atoms with Crippen molar-refractivity contribution in [2.75, 3.05) is 37.7 Å². The lowest BCUT2D eigenvalue weighted by molar-refractivity contribution is -0.118. The Labute approximate surface area is 208 Å². The predicted octanol–water partition coefficient (Wildman–Crippen LogP) is 6.25. The van der Waals surface area contributed by atoms with Gasteiger partial charge in [0.1, 0.15) is 17.2 Å². The molecule has 5 nitrogen and oxygen atoms in total. The molecule has 0 saturated carbocycles. The molecule has 2 heterocycles. The number of ether oxygens (including phenoxy) is 2. The Morgan fingerprint density at radius 3 is 2.37 bits per heavy atom. The Hall–Kier alpha value is -3.31. The molecule has 0 radical (unpaired) electrons. The topological polar surface area (TPSA) is 42.0 Å². The van der Waals surface area contributed by atoms with Crippen LogP contribution in [0.5, 0.6) is 17.2 Å². The molecule has 5 rings (SSSR count). The molecule has 35 heavy (non-hydrogen) atoms. The number of carbonyl (C=O) groups is 1. The van der Waals surface area contributed by atoms with E-state index in [0.29, 0.717) is 18.9 Å². The maximum atomic E-state index is 13.0. The van der Waals surface area contributed by atoms with Crippen molar-refractivity contribution in [3.05, 3.63) is 84.4 Å². The van der Waals surface area contributed by atoms with E-state index in [-0.39, 0.29) is 5.91 Å². The van der Waals surface area contributed by atoms with Crippen LogP contribution in [0.4, 0.5) is 5.69 Å². The first-order valence-corrected chi connectivity index (χ1v) is 12.8. The summed E-state index contributed by atoms with van der Waals surface area (Å²) in [5.41, 5.74) is 2.30. The van der Waals surface area contributed by atoms with Gasteiger partial charge in [0.2, 0.25) is 5.91 Å². The van der Waals surface area contributed by atoms with E-state index < -0.39 is 0 Å². The van der Waals surface area contributed by atoms with Crippen molar-refractivity contribution < 1.29 is 14.3 Å². The zero-order valence-corrected chi connectivity index (χ0v) is 20.3. The summed E-state index contributed by atoms with van der Waals surface area (Å²) in [4.78, 5) is 17.4. The van der Waals surface area contributed by atoms with Crippen molar-refractivity contribution in [3.8, 4) is 17.2 Å². The van der Waals surface area contributed by atoms with Crippen molar-refractivity contribution in [1.82, 2.24) is 4.90 Å². The number of likely N-dealkylation sites (tertiary alicyclic amines) is 1. The molecule has 1 fully saturated rings. The number of para-hydroxylation sites is 3. The van der Waals surface area contributed by atoms with Gasteiger partial charge in [0, 0.05) is 13.0 Å². The summed E-state index contributed by atoms with van der Waals surface area (Å²) in [6, 6.07) is 26.3. The highest BCUT2D eigenvalue weighted by Gasteiger charge is 2.23. The first-order chi connectivity index (χ1) is 17.3. The van der Waals surface area contributed by atoms with E-state index >= 15 is 0 Å². The normalized spacial score (nSPS) is 16.7. The van der Waals surface area contributed by atoms with E-state index in [0.717, 1.165) is 74.8 Å². The predicted molar refractivity (Wildman–Crippen MR) is 140 cm³/mol. The van der Waals surface area contributed by atoms with Gasteiger partial charge in [-0.05, 0) is 93.2 Å². The maximum Gasteiger partial charge on any atom is 0.227 e. The molecule has 3 aromatic rings. The van der Waals surface area contributed by atoms with Gasteiger partial charge in [0.25, 0.3) is 0 Å². The highest BCUT2D eigenvalue weighted by Crippen LogP contribution is 2.32. The zero-order valence-electron chi connectivity index (χ0n) is 20.3. The fourth-order valence-electron chi connectivity index (χ4n) is 5.10. The first kappa shape index (κ1) is 23.4. The second-order valence-electron chi connectivity index (χ2n) is 9.42. The molecule has 3 aromatic carbocycles. The highest BCUT2D eigenvalue weighted by atomic mass is 16.5. The largest absolute Gasteiger partial charge is 0.491 e. The van der Waals surface area contributed by atoms with Crippen LogP contribution in [0.25, 0.3) is 0 Å². The summed E-state index contributed by atoms with van der Waals surface area (Å²) in [7, 11) is 0. The Morgan fingerprint density at radius 2 is 1.57 bits per heavy atom. The van der Waals surface area contributed by atoms with E-state index in [9.17, 15) is 4.79 Å². The Kier molecular flexibility index (Phi) is 7.64. The number of benzene rings is 3. The van der Waals surface area contributed by atoms with Crippen LogP contribution in [0.3, 0.4) is 0 Å². The third-order valence-corrected chi connectivity index (χ3v) is 7.02. The van der Waals surface area contributed by atoms with Gasteiger partial charge in [-0.25, -0.2) is 0 Å². The van der Waals surface area contributed by atoms with Crippen LogP contribution in [0.15, 0.2) is 78.9 Å². The summed E-state index contributed by atoms with van der Waals surface area (Å²) in [5, 5.41) is 0. The van der Waals surface area contributed by atoms with Gasteiger partial charge in [0.05, 0.1) is 12.3 Å². The first-order valence-electron chi connectivity index (χ1n) is 12.8. The summed E-state index contributed by atoms with van der Waals surface area (Å²) in [5.74, 6) is 3.35. The monoisotopic (exact) mass is 470 g/mol. The number of rotatable bonds is 7. The van der Waals surface area contributed by atoms with Gasteiger partial charge in [-0.3, -0.25) is 4.79 Å². The number of hydrogen-bond acceptors (Lipinski definition) is 4. The van der Waals surface area contributed by atoms with Crippen molar-refractivity contribution in [3.63, 3.8) is 0 Å². The lowest BCUT2D eigenvalue weighted by atomic mass is 9.89. The second kappa shape index (κ2) is 11.4. The van der Waals surface area contributed by atoms with Gasteiger partial charge in [-0.1, -0.05) is 42.5 Å². The van der Waals surface area contributed by atoms with Crippen molar-refractivity contribution in [2.45, 2.75) is 38.0 Å². The minimum Gasteiger partial charge on any atom is -0.491 e. The summed E-state index contributed by atoms with van der Waals surface area (Å²) in [6.45, 7) is 4.55. The number of hydrogen-bond donors (Lipinski definition) is 0. The van der Waals surface area contributed by atoms with Crippen LogP contribution in [0.2, 0.25) is 0 Å². The molecule has 0 spiro atoms. The van der Waals surface area contributed by atoms with Crippen LogP contribution in [0.1, 0.15) is 43.6 Å². The van der Waals surface area contributed by atoms with Gasteiger partial charge >= 0.3 is 0 Å². The van der Waals surface area contributed by atoms with E-state index in [4.69, 9.17) is 9.47 Å². The number of anilines is 1. The summed E-state index contributed by atoms with van der Waals surface area (Å²) >= 11 is 0. The molecule has 0 aliphatic carbocycles. The molecule has 0 bridgehead atoms. The molecular formula is C30H34N2O3. The third-order valence-electron chi connectivity index (χ3n) is 7.02. The van der Waals surface area contributed by atoms with E-state index in [1.165, 1.54) is 5.56 Å². The molecule has 0 aromatic heterocycles. The molecule has 5 heteroatoms.